The average molecular weight is 275 g/mol. The Morgan fingerprint density at radius 1 is 1.35 bits per heavy atom. The molecule has 0 saturated heterocycles. The molecule has 2 rings (SSSR count). The van der Waals surface area contributed by atoms with Crippen LogP contribution in [0.1, 0.15) is 19.4 Å². The number of nitrogens with zero attached hydrogens (tertiary/aromatic N) is 4. The summed E-state index contributed by atoms with van der Waals surface area (Å²) < 4.78 is 1.96. The highest BCUT2D eigenvalue weighted by Crippen LogP contribution is 2.27. The number of aryl methyl sites for hydroxylation is 1. The maximum atomic E-state index is 10.8. The molecule has 0 aliphatic carbocycles. The molecule has 0 aliphatic heterocycles. The lowest BCUT2D eigenvalue weighted by molar-refractivity contribution is -0.384. The largest absolute Gasteiger partial charge is 0.355 e. The SMILES string of the molecule is CCNc1nnc(-c2ccc([N+](=O)[O-])cc2C)n1CC. The first-order chi connectivity index (χ1) is 9.58. The van der Waals surface area contributed by atoms with Gasteiger partial charge < -0.3 is 5.32 Å². The summed E-state index contributed by atoms with van der Waals surface area (Å²) in [6.45, 7) is 7.32. The van der Waals surface area contributed by atoms with Crippen LogP contribution in [-0.2, 0) is 6.54 Å². The van der Waals surface area contributed by atoms with Gasteiger partial charge in [-0.3, -0.25) is 14.7 Å². The van der Waals surface area contributed by atoms with E-state index in [0.29, 0.717) is 5.95 Å². The number of non-ortho nitro benzene ring substituents is 1. The number of nitrogens with one attached hydrogen (secondary N) is 1. The first-order valence-electron chi connectivity index (χ1n) is 6.51. The molecule has 106 valence electrons. The van der Waals surface area contributed by atoms with Crippen LogP contribution < -0.4 is 5.32 Å². The van der Waals surface area contributed by atoms with Crippen LogP contribution in [0.15, 0.2) is 18.2 Å². The Kier molecular flexibility index (Phi) is 3.97. The van der Waals surface area contributed by atoms with Crippen LogP contribution in [0.5, 0.6) is 0 Å². The van der Waals surface area contributed by atoms with Crippen molar-refractivity contribution >= 4 is 11.6 Å². The van der Waals surface area contributed by atoms with Gasteiger partial charge in [-0.2, -0.15) is 0 Å². The summed E-state index contributed by atoms with van der Waals surface area (Å²) in [5.41, 5.74) is 1.75. The zero-order valence-corrected chi connectivity index (χ0v) is 11.8. The lowest BCUT2D eigenvalue weighted by Crippen LogP contribution is -2.07. The van der Waals surface area contributed by atoms with Crippen LogP contribution in [0.2, 0.25) is 0 Å². The van der Waals surface area contributed by atoms with Crippen LogP contribution in [-0.4, -0.2) is 26.2 Å². The van der Waals surface area contributed by atoms with E-state index in [1.807, 2.05) is 25.3 Å². The van der Waals surface area contributed by atoms with E-state index >= 15 is 0 Å². The van der Waals surface area contributed by atoms with Gasteiger partial charge in [0, 0.05) is 30.8 Å². The van der Waals surface area contributed by atoms with Crippen molar-refractivity contribution in [2.45, 2.75) is 27.3 Å². The molecule has 1 N–H and O–H groups in total. The van der Waals surface area contributed by atoms with Crippen molar-refractivity contribution in [3.8, 4) is 11.4 Å². The Morgan fingerprint density at radius 3 is 2.65 bits per heavy atom. The number of rotatable bonds is 5. The van der Waals surface area contributed by atoms with E-state index in [4.69, 9.17) is 0 Å². The number of nitro groups is 1. The van der Waals surface area contributed by atoms with Crippen molar-refractivity contribution in [2.24, 2.45) is 0 Å². The lowest BCUT2D eigenvalue weighted by atomic mass is 10.1. The molecule has 0 spiro atoms. The van der Waals surface area contributed by atoms with Crippen molar-refractivity contribution in [3.05, 3.63) is 33.9 Å². The van der Waals surface area contributed by atoms with Crippen molar-refractivity contribution in [3.63, 3.8) is 0 Å². The maximum Gasteiger partial charge on any atom is 0.269 e. The number of aromatic nitrogens is 3. The van der Waals surface area contributed by atoms with E-state index in [9.17, 15) is 10.1 Å². The summed E-state index contributed by atoms with van der Waals surface area (Å²) >= 11 is 0. The molecule has 0 saturated carbocycles. The van der Waals surface area contributed by atoms with Crippen LogP contribution in [0.3, 0.4) is 0 Å². The maximum absolute atomic E-state index is 10.8. The van der Waals surface area contributed by atoms with Gasteiger partial charge in [0.05, 0.1) is 4.92 Å². The van der Waals surface area contributed by atoms with Gasteiger partial charge in [0.2, 0.25) is 5.95 Å². The number of hydrogen-bond acceptors (Lipinski definition) is 5. The minimum atomic E-state index is -0.397. The summed E-state index contributed by atoms with van der Waals surface area (Å²) in [5.74, 6) is 1.43. The summed E-state index contributed by atoms with van der Waals surface area (Å²) in [6.07, 6.45) is 0. The van der Waals surface area contributed by atoms with Crippen molar-refractivity contribution in [1.29, 1.82) is 0 Å². The quantitative estimate of drug-likeness (QED) is 0.669. The summed E-state index contributed by atoms with van der Waals surface area (Å²) in [6, 6.07) is 4.76. The third-order valence-corrected chi connectivity index (χ3v) is 3.06. The highest BCUT2D eigenvalue weighted by molar-refractivity contribution is 5.64. The fraction of sp³-hybridized carbons (Fsp3) is 0.385. The summed E-state index contributed by atoms with van der Waals surface area (Å²) in [7, 11) is 0. The van der Waals surface area contributed by atoms with Gasteiger partial charge in [0.1, 0.15) is 0 Å². The second-order valence-corrected chi connectivity index (χ2v) is 4.38. The highest BCUT2D eigenvalue weighted by atomic mass is 16.6. The zero-order chi connectivity index (χ0) is 14.7. The number of nitro benzene ring substituents is 1. The standard InChI is InChI=1S/C13H17N5O2/c1-4-14-13-16-15-12(17(13)5-2)11-7-6-10(18(19)20)8-9(11)3/h6-8H,4-5H2,1-3H3,(H,14,16). The average Bonchev–Trinajstić information content (AvgIpc) is 2.81. The van der Waals surface area contributed by atoms with Crippen molar-refractivity contribution < 1.29 is 4.92 Å². The molecule has 0 amide bonds. The van der Waals surface area contributed by atoms with E-state index in [2.05, 4.69) is 15.5 Å². The monoisotopic (exact) mass is 275 g/mol. The summed E-state index contributed by atoms with van der Waals surface area (Å²) in [5, 5.41) is 22.2. The highest BCUT2D eigenvalue weighted by Gasteiger charge is 2.16. The fourth-order valence-corrected chi connectivity index (χ4v) is 2.10. The Balaban J connectivity index is 2.49. The predicted octanol–water partition coefficient (Wildman–Crippen LogP) is 2.61. The van der Waals surface area contributed by atoms with Gasteiger partial charge in [0.15, 0.2) is 5.82 Å². The molecule has 1 heterocycles. The second kappa shape index (κ2) is 5.68. The van der Waals surface area contributed by atoms with Gasteiger partial charge in [-0.25, -0.2) is 0 Å². The van der Waals surface area contributed by atoms with Crippen molar-refractivity contribution in [2.75, 3.05) is 11.9 Å². The molecule has 0 radical (unpaired) electrons. The van der Waals surface area contributed by atoms with Crippen LogP contribution in [0.4, 0.5) is 11.6 Å². The van der Waals surface area contributed by atoms with Crippen molar-refractivity contribution in [1.82, 2.24) is 14.8 Å². The van der Waals surface area contributed by atoms with Gasteiger partial charge in [0.25, 0.3) is 5.69 Å². The predicted molar refractivity (Wildman–Crippen MR) is 76.7 cm³/mol. The number of hydrogen-bond donors (Lipinski definition) is 1. The Bertz CT molecular complexity index is 636. The number of benzene rings is 1. The fourth-order valence-electron chi connectivity index (χ4n) is 2.10. The molecule has 0 bridgehead atoms. The number of anilines is 1. The molecule has 0 aliphatic rings. The molecule has 0 fully saturated rings. The lowest BCUT2D eigenvalue weighted by Gasteiger charge is -2.09. The van der Waals surface area contributed by atoms with Gasteiger partial charge in [-0.15, -0.1) is 10.2 Å². The smallest absolute Gasteiger partial charge is 0.269 e. The molecular formula is C13H17N5O2. The molecule has 0 unspecified atom stereocenters. The third-order valence-electron chi connectivity index (χ3n) is 3.06. The van der Waals surface area contributed by atoms with E-state index in [-0.39, 0.29) is 5.69 Å². The van der Waals surface area contributed by atoms with Crippen LogP contribution >= 0.6 is 0 Å². The Hall–Kier alpha value is -2.44. The topological polar surface area (TPSA) is 85.9 Å². The van der Waals surface area contributed by atoms with Crippen LogP contribution in [0, 0.1) is 17.0 Å². The van der Waals surface area contributed by atoms with E-state index in [0.717, 1.165) is 30.0 Å². The van der Waals surface area contributed by atoms with Crippen LogP contribution in [0.25, 0.3) is 11.4 Å². The molecular weight excluding hydrogens is 258 g/mol. The molecule has 7 heteroatoms. The van der Waals surface area contributed by atoms with E-state index in [1.165, 1.54) is 6.07 Å². The van der Waals surface area contributed by atoms with E-state index < -0.39 is 4.92 Å². The Labute approximate surface area is 116 Å². The summed E-state index contributed by atoms with van der Waals surface area (Å²) in [4.78, 5) is 10.4. The molecule has 1 aromatic heterocycles. The van der Waals surface area contributed by atoms with E-state index in [1.54, 1.807) is 12.1 Å². The third kappa shape index (κ3) is 2.47. The molecule has 20 heavy (non-hydrogen) atoms. The second-order valence-electron chi connectivity index (χ2n) is 4.38. The van der Waals surface area contributed by atoms with Gasteiger partial charge >= 0.3 is 0 Å². The normalized spacial score (nSPS) is 10.6. The zero-order valence-electron chi connectivity index (χ0n) is 11.8. The first-order valence-corrected chi connectivity index (χ1v) is 6.51. The first kappa shape index (κ1) is 14.0. The minimum absolute atomic E-state index is 0.0840. The molecule has 2 aromatic rings. The van der Waals surface area contributed by atoms with Gasteiger partial charge in [-0.05, 0) is 32.4 Å². The minimum Gasteiger partial charge on any atom is -0.355 e. The Morgan fingerprint density at radius 2 is 2.10 bits per heavy atom. The molecule has 0 atom stereocenters. The molecule has 1 aromatic carbocycles. The van der Waals surface area contributed by atoms with Gasteiger partial charge in [-0.1, -0.05) is 0 Å². The molecule has 7 nitrogen and oxygen atoms in total.